The first-order valence-corrected chi connectivity index (χ1v) is 9.46. The molecule has 3 aromatic rings. The van der Waals surface area contributed by atoms with E-state index in [9.17, 15) is 15.3 Å². The summed E-state index contributed by atoms with van der Waals surface area (Å²) < 4.78 is 5.50. The number of phenolic OH excluding ortho intramolecular Hbond substituents is 3. The molecule has 4 N–H and O–H groups in total. The molecule has 4 rings (SSSR count). The van der Waals surface area contributed by atoms with Gasteiger partial charge in [0.25, 0.3) is 0 Å². The molecule has 1 heterocycles. The number of ether oxygens (including phenoxy) is 1. The van der Waals surface area contributed by atoms with Crippen LogP contribution in [0.2, 0.25) is 0 Å². The van der Waals surface area contributed by atoms with Crippen molar-refractivity contribution in [3.8, 4) is 34.1 Å². The van der Waals surface area contributed by atoms with E-state index in [4.69, 9.17) is 4.74 Å². The number of hydrogen-bond acceptors (Lipinski definition) is 5. The van der Waals surface area contributed by atoms with Crippen LogP contribution in [0, 0.1) is 6.92 Å². The summed E-state index contributed by atoms with van der Waals surface area (Å²) in [4.78, 5) is 0. The molecule has 0 saturated carbocycles. The first-order valence-electron chi connectivity index (χ1n) is 9.46. The van der Waals surface area contributed by atoms with Crippen LogP contribution in [-0.2, 0) is 6.42 Å². The third-order valence-corrected chi connectivity index (χ3v) is 5.60. The fourth-order valence-electron chi connectivity index (χ4n) is 4.54. The van der Waals surface area contributed by atoms with Crippen molar-refractivity contribution >= 4 is 10.8 Å². The van der Waals surface area contributed by atoms with Crippen molar-refractivity contribution in [2.75, 3.05) is 7.11 Å². The van der Waals surface area contributed by atoms with Gasteiger partial charge >= 0.3 is 0 Å². The van der Waals surface area contributed by atoms with Crippen LogP contribution < -0.4 is 10.1 Å². The minimum absolute atomic E-state index is 0.0299. The number of aryl methyl sites for hydroxylation is 1. The first-order chi connectivity index (χ1) is 13.3. The van der Waals surface area contributed by atoms with Gasteiger partial charge in [-0.3, -0.25) is 0 Å². The third kappa shape index (κ3) is 2.74. The van der Waals surface area contributed by atoms with E-state index >= 15 is 0 Å². The summed E-state index contributed by atoms with van der Waals surface area (Å²) >= 11 is 0. The van der Waals surface area contributed by atoms with E-state index in [1.54, 1.807) is 13.2 Å². The van der Waals surface area contributed by atoms with Crippen LogP contribution in [0.1, 0.15) is 36.6 Å². The normalized spacial score (nSPS) is 18.9. The number of methoxy groups -OCH3 is 1. The maximum atomic E-state index is 10.8. The number of nitrogens with one attached hydrogen (secondary N) is 1. The predicted octanol–water partition coefficient (Wildman–Crippen LogP) is 4.54. The van der Waals surface area contributed by atoms with E-state index in [-0.39, 0.29) is 29.3 Å². The largest absolute Gasteiger partial charge is 0.507 e. The quantitative estimate of drug-likeness (QED) is 0.526. The molecule has 5 heteroatoms. The Kier molecular flexibility index (Phi) is 4.35. The van der Waals surface area contributed by atoms with E-state index in [0.717, 1.165) is 27.6 Å². The monoisotopic (exact) mass is 379 g/mol. The van der Waals surface area contributed by atoms with Crippen LogP contribution in [0.5, 0.6) is 23.0 Å². The van der Waals surface area contributed by atoms with Gasteiger partial charge in [-0.15, -0.1) is 0 Å². The molecule has 0 amide bonds. The van der Waals surface area contributed by atoms with Gasteiger partial charge < -0.3 is 25.4 Å². The molecule has 0 bridgehead atoms. The number of rotatable bonds is 2. The van der Waals surface area contributed by atoms with Crippen LogP contribution in [0.15, 0.2) is 30.3 Å². The molecule has 1 aliphatic heterocycles. The summed E-state index contributed by atoms with van der Waals surface area (Å²) in [7, 11) is 1.58. The van der Waals surface area contributed by atoms with Gasteiger partial charge in [0.2, 0.25) is 0 Å². The van der Waals surface area contributed by atoms with Crippen LogP contribution in [-0.4, -0.2) is 28.5 Å². The molecular formula is C23H25NO4. The minimum Gasteiger partial charge on any atom is -0.507 e. The van der Waals surface area contributed by atoms with Crippen molar-refractivity contribution in [1.82, 2.24) is 5.32 Å². The Balaban J connectivity index is 2.12. The maximum absolute atomic E-state index is 10.8. The Morgan fingerprint density at radius 1 is 1.00 bits per heavy atom. The number of phenols is 3. The van der Waals surface area contributed by atoms with Crippen molar-refractivity contribution in [3.05, 3.63) is 47.0 Å². The summed E-state index contributed by atoms with van der Waals surface area (Å²) in [5.74, 6) is 0.848. The van der Waals surface area contributed by atoms with Crippen LogP contribution in [0.4, 0.5) is 0 Å². The molecule has 3 aromatic carbocycles. The number of fused-ring (bicyclic) bond motifs is 2. The van der Waals surface area contributed by atoms with Crippen molar-refractivity contribution in [3.63, 3.8) is 0 Å². The van der Waals surface area contributed by atoms with E-state index in [2.05, 4.69) is 12.2 Å². The van der Waals surface area contributed by atoms with Crippen LogP contribution in [0.3, 0.4) is 0 Å². The molecule has 0 aromatic heterocycles. The van der Waals surface area contributed by atoms with Crippen LogP contribution in [0.25, 0.3) is 21.9 Å². The fraction of sp³-hybridized carbons (Fsp3) is 0.304. The molecule has 0 saturated heterocycles. The molecular weight excluding hydrogens is 354 g/mol. The highest BCUT2D eigenvalue weighted by Gasteiger charge is 2.29. The Morgan fingerprint density at radius 3 is 2.46 bits per heavy atom. The maximum Gasteiger partial charge on any atom is 0.130 e. The van der Waals surface area contributed by atoms with E-state index in [0.29, 0.717) is 23.1 Å². The van der Waals surface area contributed by atoms with E-state index in [1.807, 2.05) is 32.0 Å². The average Bonchev–Trinajstić information content (AvgIpc) is 2.61. The molecule has 0 unspecified atom stereocenters. The number of aromatic hydroxyl groups is 3. The SMILES string of the molecule is COc1cc(C)cc2c(-c3c(O)cc(O)c4c3C[C@@H](C)N[C@@H]4C)ccc(O)c12. The summed E-state index contributed by atoms with van der Waals surface area (Å²) in [6, 6.07) is 8.90. The topological polar surface area (TPSA) is 82.0 Å². The molecule has 1 aliphatic rings. The zero-order valence-electron chi connectivity index (χ0n) is 16.5. The Morgan fingerprint density at radius 2 is 1.75 bits per heavy atom. The Hall–Kier alpha value is -2.92. The molecule has 0 fully saturated rings. The molecule has 0 radical (unpaired) electrons. The van der Waals surface area contributed by atoms with Crippen molar-refractivity contribution in [2.24, 2.45) is 0 Å². The van der Waals surface area contributed by atoms with Gasteiger partial charge in [-0.25, -0.2) is 0 Å². The average molecular weight is 379 g/mol. The fourth-order valence-corrected chi connectivity index (χ4v) is 4.54. The molecule has 5 nitrogen and oxygen atoms in total. The lowest BCUT2D eigenvalue weighted by Crippen LogP contribution is -2.36. The lowest BCUT2D eigenvalue weighted by molar-refractivity contribution is 0.402. The Bertz CT molecular complexity index is 1090. The predicted molar refractivity (Wildman–Crippen MR) is 110 cm³/mol. The molecule has 146 valence electrons. The highest BCUT2D eigenvalue weighted by Crippen LogP contribution is 2.48. The van der Waals surface area contributed by atoms with Gasteiger partial charge in [-0.1, -0.05) is 6.07 Å². The highest BCUT2D eigenvalue weighted by atomic mass is 16.5. The summed E-state index contributed by atoms with van der Waals surface area (Å²) in [6.45, 7) is 6.07. The summed E-state index contributed by atoms with van der Waals surface area (Å²) in [6.07, 6.45) is 0.683. The smallest absolute Gasteiger partial charge is 0.130 e. The zero-order chi connectivity index (χ0) is 20.2. The molecule has 0 spiro atoms. The number of benzene rings is 3. The van der Waals surface area contributed by atoms with E-state index in [1.165, 1.54) is 6.07 Å². The van der Waals surface area contributed by atoms with Crippen molar-refractivity contribution in [1.29, 1.82) is 0 Å². The second kappa shape index (κ2) is 6.60. The lowest BCUT2D eigenvalue weighted by Gasteiger charge is -2.32. The van der Waals surface area contributed by atoms with Crippen molar-refractivity contribution < 1.29 is 20.1 Å². The second-order valence-corrected chi connectivity index (χ2v) is 7.70. The van der Waals surface area contributed by atoms with E-state index < -0.39 is 0 Å². The molecule has 28 heavy (non-hydrogen) atoms. The lowest BCUT2D eigenvalue weighted by atomic mass is 9.83. The molecule has 2 atom stereocenters. The third-order valence-electron chi connectivity index (χ3n) is 5.60. The second-order valence-electron chi connectivity index (χ2n) is 7.70. The Labute approximate surface area is 164 Å². The summed E-state index contributed by atoms with van der Waals surface area (Å²) in [5, 5.41) is 36.7. The standard InChI is InChI=1S/C23H25NO4/c1-11-7-15-14(5-6-17(25)23(15)20(8-11)28-4)22-16-9-12(2)24-13(3)21(16)18(26)10-19(22)27/h5-8,10,12-13,24-27H,9H2,1-4H3/t12-,13-/m1/s1. The van der Waals surface area contributed by atoms with Gasteiger partial charge in [-0.2, -0.15) is 0 Å². The van der Waals surface area contributed by atoms with Gasteiger partial charge in [0.15, 0.2) is 0 Å². The summed E-state index contributed by atoms with van der Waals surface area (Å²) in [5.41, 5.74) is 4.25. The number of hydrogen-bond donors (Lipinski definition) is 4. The first kappa shape index (κ1) is 18.4. The van der Waals surface area contributed by atoms with Crippen molar-refractivity contribution in [2.45, 2.75) is 39.3 Å². The van der Waals surface area contributed by atoms with Crippen LogP contribution >= 0.6 is 0 Å². The molecule has 0 aliphatic carbocycles. The highest BCUT2D eigenvalue weighted by molar-refractivity contribution is 6.05. The van der Waals surface area contributed by atoms with Gasteiger partial charge in [0.1, 0.15) is 23.0 Å². The minimum atomic E-state index is -0.0299. The van der Waals surface area contributed by atoms with Gasteiger partial charge in [-0.05, 0) is 67.5 Å². The van der Waals surface area contributed by atoms with Gasteiger partial charge in [0.05, 0.1) is 12.5 Å². The zero-order valence-corrected chi connectivity index (χ0v) is 16.5. The van der Waals surface area contributed by atoms with Gasteiger partial charge in [0, 0.05) is 29.3 Å².